The highest BCUT2D eigenvalue weighted by molar-refractivity contribution is 7.98. The molecule has 1 saturated heterocycles. The lowest BCUT2D eigenvalue weighted by molar-refractivity contribution is -0.126. The predicted molar refractivity (Wildman–Crippen MR) is 77.4 cm³/mol. The lowest BCUT2D eigenvalue weighted by Crippen LogP contribution is -2.32. The molecule has 0 radical (unpaired) electrons. The van der Waals surface area contributed by atoms with Crippen LogP contribution in [0.4, 0.5) is 5.69 Å². The average Bonchev–Trinajstić information content (AvgIpc) is 2.81. The minimum Gasteiger partial charge on any atom is -0.356 e. The van der Waals surface area contributed by atoms with E-state index >= 15 is 0 Å². The molecule has 2 rings (SSSR count). The fourth-order valence-electron chi connectivity index (χ4n) is 2.21. The highest BCUT2D eigenvalue weighted by atomic mass is 32.2. The molecule has 2 amide bonds. The summed E-state index contributed by atoms with van der Waals surface area (Å²) < 4.78 is 0. The van der Waals surface area contributed by atoms with Gasteiger partial charge in [-0.05, 0) is 37.4 Å². The van der Waals surface area contributed by atoms with E-state index in [0.717, 1.165) is 10.6 Å². The molecule has 0 aromatic heterocycles. The standard InChI is InChI=1S/C14H18N2O2S/c1-3-15-14(18)10-8-13(17)16(9-10)11-4-6-12(19-2)7-5-11/h4-7,10H,3,8-9H2,1-2H3,(H,15,18). The molecule has 1 aromatic carbocycles. The van der Waals surface area contributed by atoms with Gasteiger partial charge < -0.3 is 10.2 Å². The van der Waals surface area contributed by atoms with Gasteiger partial charge in [0.05, 0.1) is 5.92 Å². The molecule has 1 fully saturated rings. The van der Waals surface area contributed by atoms with Gasteiger partial charge in [-0.15, -0.1) is 11.8 Å². The van der Waals surface area contributed by atoms with E-state index in [2.05, 4.69) is 5.32 Å². The van der Waals surface area contributed by atoms with E-state index in [9.17, 15) is 9.59 Å². The van der Waals surface area contributed by atoms with Gasteiger partial charge in [0.25, 0.3) is 0 Å². The first-order chi connectivity index (χ1) is 9.15. The zero-order chi connectivity index (χ0) is 13.8. The zero-order valence-electron chi connectivity index (χ0n) is 11.2. The molecule has 1 heterocycles. The van der Waals surface area contributed by atoms with Gasteiger partial charge in [0.15, 0.2) is 0 Å². The summed E-state index contributed by atoms with van der Waals surface area (Å²) in [4.78, 5) is 26.6. The zero-order valence-corrected chi connectivity index (χ0v) is 12.0. The highest BCUT2D eigenvalue weighted by Gasteiger charge is 2.34. The minimum atomic E-state index is -0.229. The van der Waals surface area contributed by atoms with Crippen LogP contribution in [-0.2, 0) is 9.59 Å². The van der Waals surface area contributed by atoms with Crippen LogP contribution in [0.15, 0.2) is 29.2 Å². The number of hydrogen-bond donors (Lipinski definition) is 1. The fourth-order valence-corrected chi connectivity index (χ4v) is 2.62. The van der Waals surface area contributed by atoms with E-state index in [1.54, 1.807) is 16.7 Å². The maximum absolute atomic E-state index is 12.0. The Bertz CT molecular complexity index is 473. The third-order valence-corrected chi connectivity index (χ3v) is 3.97. The van der Waals surface area contributed by atoms with Gasteiger partial charge in [-0.1, -0.05) is 0 Å². The van der Waals surface area contributed by atoms with Crippen LogP contribution in [0.3, 0.4) is 0 Å². The topological polar surface area (TPSA) is 49.4 Å². The first-order valence-corrected chi connectivity index (χ1v) is 7.60. The average molecular weight is 278 g/mol. The Morgan fingerprint density at radius 3 is 2.68 bits per heavy atom. The maximum atomic E-state index is 12.0. The number of thioether (sulfide) groups is 1. The molecule has 0 saturated carbocycles. The first-order valence-electron chi connectivity index (χ1n) is 6.37. The van der Waals surface area contributed by atoms with Gasteiger partial charge in [0.1, 0.15) is 0 Å². The van der Waals surface area contributed by atoms with Crippen molar-refractivity contribution in [2.45, 2.75) is 18.2 Å². The Morgan fingerprint density at radius 2 is 2.11 bits per heavy atom. The van der Waals surface area contributed by atoms with Crippen LogP contribution in [0.2, 0.25) is 0 Å². The van der Waals surface area contributed by atoms with Crippen LogP contribution >= 0.6 is 11.8 Å². The molecular formula is C14H18N2O2S. The number of hydrogen-bond acceptors (Lipinski definition) is 3. The second-order valence-electron chi connectivity index (χ2n) is 4.50. The van der Waals surface area contributed by atoms with Crippen molar-refractivity contribution in [2.24, 2.45) is 5.92 Å². The van der Waals surface area contributed by atoms with Gasteiger partial charge in [0, 0.05) is 30.1 Å². The van der Waals surface area contributed by atoms with Gasteiger partial charge >= 0.3 is 0 Å². The van der Waals surface area contributed by atoms with Crippen LogP contribution in [0, 0.1) is 5.92 Å². The van der Waals surface area contributed by atoms with Crippen LogP contribution < -0.4 is 10.2 Å². The van der Waals surface area contributed by atoms with Crippen LogP contribution in [-0.4, -0.2) is 31.2 Å². The lowest BCUT2D eigenvalue weighted by Gasteiger charge is -2.16. The van der Waals surface area contributed by atoms with Crippen molar-refractivity contribution in [1.82, 2.24) is 5.32 Å². The van der Waals surface area contributed by atoms with Crippen molar-refractivity contribution in [3.8, 4) is 0 Å². The molecule has 1 aliphatic heterocycles. The number of anilines is 1. The molecule has 19 heavy (non-hydrogen) atoms. The third-order valence-electron chi connectivity index (χ3n) is 3.23. The summed E-state index contributed by atoms with van der Waals surface area (Å²) >= 11 is 1.67. The van der Waals surface area contributed by atoms with Gasteiger partial charge in [-0.2, -0.15) is 0 Å². The molecule has 1 aliphatic rings. The fraction of sp³-hybridized carbons (Fsp3) is 0.429. The largest absolute Gasteiger partial charge is 0.356 e. The second-order valence-corrected chi connectivity index (χ2v) is 5.38. The maximum Gasteiger partial charge on any atom is 0.227 e. The Hall–Kier alpha value is -1.49. The number of benzene rings is 1. The normalized spacial score (nSPS) is 18.7. The van der Waals surface area contributed by atoms with E-state index in [1.165, 1.54) is 0 Å². The molecule has 4 nitrogen and oxygen atoms in total. The number of rotatable bonds is 4. The molecular weight excluding hydrogens is 260 g/mol. The summed E-state index contributed by atoms with van der Waals surface area (Å²) in [6.45, 7) is 2.96. The molecule has 1 unspecified atom stereocenters. The Balaban J connectivity index is 2.08. The van der Waals surface area contributed by atoms with Crippen molar-refractivity contribution in [1.29, 1.82) is 0 Å². The molecule has 1 N–H and O–H groups in total. The summed E-state index contributed by atoms with van der Waals surface area (Å²) in [5.74, 6) is -0.236. The molecule has 0 spiro atoms. The molecule has 1 aromatic rings. The Labute approximate surface area is 117 Å². The van der Waals surface area contributed by atoms with Crippen molar-refractivity contribution < 1.29 is 9.59 Å². The SMILES string of the molecule is CCNC(=O)C1CC(=O)N(c2ccc(SC)cc2)C1. The van der Waals surface area contributed by atoms with Crippen molar-refractivity contribution in [3.05, 3.63) is 24.3 Å². The third kappa shape index (κ3) is 3.10. The van der Waals surface area contributed by atoms with Gasteiger partial charge in [-0.3, -0.25) is 9.59 Å². The van der Waals surface area contributed by atoms with E-state index < -0.39 is 0 Å². The summed E-state index contributed by atoms with van der Waals surface area (Å²) in [5, 5.41) is 2.78. The van der Waals surface area contributed by atoms with Crippen molar-refractivity contribution >= 4 is 29.3 Å². The smallest absolute Gasteiger partial charge is 0.227 e. The summed E-state index contributed by atoms with van der Waals surface area (Å²) in [6, 6.07) is 7.85. The number of carbonyl (C=O) groups is 2. The summed E-state index contributed by atoms with van der Waals surface area (Å²) in [5.41, 5.74) is 0.870. The second kappa shape index (κ2) is 6.10. The summed E-state index contributed by atoms with van der Waals surface area (Å²) in [6.07, 6.45) is 2.32. The molecule has 1 atom stereocenters. The Morgan fingerprint density at radius 1 is 1.42 bits per heavy atom. The minimum absolute atomic E-state index is 0.0214. The van der Waals surface area contributed by atoms with Crippen molar-refractivity contribution in [3.63, 3.8) is 0 Å². The van der Waals surface area contributed by atoms with Gasteiger partial charge in [-0.25, -0.2) is 0 Å². The van der Waals surface area contributed by atoms with E-state index in [-0.39, 0.29) is 17.7 Å². The molecule has 102 valence electrons. The van der Waals surface area contributed by atoms with Gasteiger partial charge in [0.2, 0.25) is 11.8 Å². The van der Waals surface area contributed by atoms with Crippen LogP contribution in [0.1, 0.15) is 13.3 Å². The van der Waals surface area contributed by atoms with E-state index in [4.69, 9.17) is 0 Å². The summed E-state index contributed by atoms with van der Waals surface area (Å²) in [7, 11) is 0. The molecule has 0 aliphatic carbocycles. The number of nitrogens with zero attached hydrogens (tertiary/aromatic N) is 1. The number of carbonyl (C=O) groups excluding carboxylic acids is 2. The number of amides is 2. The lowest BCUT2D eigenvalue weighted by atomic mass is 10.1. The quantitative estimate of drug-likeness (QED) is 0.856. The van der Waals surface area contributed by atoms with Crippen molar-refractivity contribution in [2.75, 3.05) is 24.2 Å². The van der Waals surface area contributed by atoms with E-state index in [1.807, 2.05) is 37.4 Å². The first kappa shape index (κ1) is 13.9. The molecule has 0 bridgehead atoms. The Kier molecular flexibility index (Phi) is 4.47. The number of nitrogens with one attached hydrogen (secondary N) is 1. The highest BCUT2D eigenvalue weighted by Crippen LogP contribution is 2.27. The predicted octanol–water partition coefficient (Wildman–Crippen LogP) is 1.90. The molecule has 5 heteroatoms. The van der Waals surface area contributed by atoms with E-state index in [0.29, 0.717) is 19.5 Å². The van der Waals surface area contributed by atoms with Crippen LogP contribution in [0.5, 0.6) is 0 Å². The monoisotopic (exact) mass is 278 g/mol. The van der Waals surface area contributed by atoms with Crippen LogP contribution in [0.25, 0.3) is 0 Å².